The van der Waals surface area contributed by atoms with E-state index in [0.29, 0.717) is 0 Å². The Morgan fingerprint density at radius 1 is 1.29 bits per heavy atom. The minimum atomic E-state index is -0.376. The number of allylic oxidation sites excluding steroid dienone is 1. The highest BCUT2D eigenvalue weighted by molar-refractivity contribution is 7.98. The summed E-state index contributed by atoms with van der Waals surface area (Å²) in [5, 5.41) is 0.747. The molecule has 0 aromatic carbocycles. The number of hydrogen-bond acceptors (Lipinski definition) is 5. The highest BCUT2D eigenvalue weighted by Crippen LogP contribution is 2.34. The van der Waals surface area contributed by atoms with E-state index >= 15 is 0 Å². The number of hydrogen-bond donors (Lipinski definition) is 0. The van der Waals surface area contributed by atoms with Crippen molar-refractivity contribution in [2.75, 3.05) is 6.26 Å². The fourth-order valence-corrected chi connectivity index (χ4v) is 2.16. The average Bonchev–Trinajstić information content (AvgIpc) is 2.84. The van der Waals surface area contributed by atoms with Gasteiger partial charge in [-0.05, 0) is 30.7 Å². The fourth-order valence-electron chi connectivity index (χ4n) is 1.83. The Hall–Kier alpha value is -1.23. The van der Waals surface area contributed by atoms with Crippen molar-refractivity contribution < 1.29 is 0 Å². The van der Waals surface area contributed by atoms with Gasteiger partial charge in [0.05, 0.1) is 0 Å². The maximum atomic E-state index is 4.60. The van der Waals surface area contributed by atoms with E-state index in [4.69, 9.17) is 0 Å². The quantitative estimate of drug-likeness (QED) is 0.769. The summed E-state index contributed by atoms with van der Waals surface area (Å²) in [7, 11) is 0. The van der Waals surface area contributed by atoms with Crippen LogP contribution in [0.4, 0.5) is 0 Å². The summed E-state index contributed by atoms with van der Waals surface area (Å²) in [6, 6.07) is 0. The van der Waals surface area contributed by atoms with E-state index in [9.17, 15) is 0 Å². The summed E-state index contributed by atoms with van der Waals surface area (Å²) in [6.07, 6.45) is 9.50. The zero-order valence-electron chi connectivity index (χ0n) is 10.3. The molecule has 0 saturated heterocycles. The van der Waals surface area contributed by atoms with Gasteiger partial charge in [0, 0.05) is 6.21 Å². The molecule has 4 nitrogen and oxygen atoms in total. The second-order valence-corrected chi connectivity index (χ2v) is 4.68. The molecule has 0 bridgehead atoms. The Bertz CT molecular complexity index is 469. The topological polar surface area (TPSA) is 51.0 Å². The first-order valence-electron chi connectivity index (χ1n) is 5.74. The highest BCUT2D eigenvalue weighted by atomic mass is 32.2. The lowest BCUT2D eigenvalue weighted by Gasteiger charge is -2.20. The Labute approximate surface area is 106 Å². The van der Waals surface area contributed by atoms with Crippen molar-refractivity contribution in [1.82, 2.24) is 15.0 Å². The molecule has 1 atom stereocenters. The molecule has 0 fully saturated rings. The molecule has 5 heteroatoms. The van der Waals surface area contributed by atoms with Gasteiger partial charge in [-0.2, -0.15) is 0 Å². The summed E-state index contributed by atoms with van der Waals surface area (Å²) < 4.78 is 0. The first-order chi connectivity index (χ1) is 8.24. The number of rotatable bonds is 4. The summed E-state index contributed by atoms with van der Waals surface area (Å²) in [5.41, 5.74) is 0.872. The van der Waals surface area contributed by atoms with Gasteiger partial charge in [0.15, 0.2) is 11.0 Å². The Morgan fingerprint density at radius 3 is 2.71 bits per heavy atom. The van der Waals surface area contributed by atoms with Crippen LogP contribution < -0.4 is 0 Å². The molecule has 1 aromatic heterocycles. The van der Waals surface area contributed by atoms with Crippen LogP contribution in [0.2, 0.25) is 0 Å². The lowest BCUT2D eigenvalue weighted by molar-refractivity contribution is 0.505. The van der Waals surface area contributed by atoms with Crippen molar-refractivity contribution in [2.24, 2.45) is 4.99 Å². The van der Waals surface area contributed by atoms with Crippen LogP contribution in [-0.2, 0) is 5.54 Å². The van der Waals surface area contributed by atoms with Gasteiger partial charge >= 0.3 is 0 Å². The van der Waals surface area contributed by atoms with Crippen LogP contribution in [0.25, 0.3) is 0 Å². The third-order valence-electron chi connectivity index (χ3n) is 2.95. The third kappa shape index (κ3) is 2.24. The first kappa shape index (κ1) is 12.2. The average molecular weight is 248 g/mol. The molecule has 1 aliphatic rings. The Kier molecular flexibility index (Phi) is 3.57. The first-order valence-corrected chi connectivity index (χ1v) is 6.97. The van der Waals surface area contributed by atoms with E-state index in [1.807, 2.05) is 12.5 Å². The molecule has 1 aliphatic heterocycles. The molecule has 0 N–H and O–H groups in total. The van der Waals surface area contributed by atoms with E-state index in [-0.39, 0.29) is 5.54 Å². The summed E-state index contributed by atoms with van der Waals surface area (Å²) in [6.45, 7) is 4.24. The van der Waals surface area contributed by atoms with Gasteiger partial charge < -0.3 is 0 Å². The van der Waals surface area contributed by atoms with Crippen molar-refractivity contribution in [2.45, 2.75) is 37.4 Å². The van der Waals surface area contributed by atoms with Crippen LogP contribution in [0.15, 0.2) is 28.1 Å². The van der Waals surface area contributed by atoms with Gasteiger partial charge in [0.25, 0.3) is 0 Å². The van der Waals surface area contributed by atoms with Gasteiger partial charge in [0.2, 0.25) is 0 Å². The molecule has 17 heavy (non-hydrogen) atoms. The molecule has 0 radical (unpaired) electrons. The molecule has 90 valence electrons. The van der Waals surface area contributed by atoms with Crippen LogP contribution in [0, 0.1) is 0 Å². The van der Waals surface area contributed by atoms with Crippen molar-refractivity contribution in [3.05, 3.63) is 23.8 Å². The predicted octanol–water partition coefficient (Wildman–Crippen LogP) is 2.62. The van der Waals surface area contributed by atoms with E-state index in [1.165, 1.54) is 17.3 Å². The molecule has 1 aromatic rings. The zero-order valence-corrected chi connectivity index (χ0v) is 11.2. The smallest absolute Gasteiger partial charge is 0.190 e. The van der Waals surface area contributed by atoms with Crippen LogP contribution in [0.5, 0.6) is 0 Å². The molecule has 0 aliphatic carbocycles. The maximum Gasteiger partial charge on any atom is 0.190 e. The van der Waals surface area contributed by atoms with Gasteiger partial charge in [-0.15, -0.1) is 0 Å². The lowest BCUT2D eigenvalue weighted by atomic mass is 9.95. The number of nitrogens with zero attached hydrogens (tertiary/aromatic N) is 4. The zero-order chi connectivity index (χ0) is 12.3. The summed E-state index contributed by atoms with van der Waals surface area (Å²) in [4.78, 5) is 17.5. The van der Waals surface area contributed by atoms with E-state index in [1.54, 1.807) is 6.33 Å². The second kappa shape index (κ2) is 4.96. The molecule has 2 heterocycles. The van der Waals surface area contributed by atoms with Crippen LogP contribution in [0.1, 0.15) is 32.5 Å². The van der Waals surface area contributed by atoms with Gasteiger partial charge in [-0.25, -0.2) is 15.0 Å². The highest BCUT2D eigenvalue weighted by Gasteiger charge is 2.33. The summed E-state index contributed by atoms with van der Waals surface area (Å²) >= 11 is 1.52. The molecular weight excluding hydrogens is 232 g/mol. The van der Waals surface area contributed by atoms with Gasteiger partial charge in [-0.3, -0.25) is 4.99 Å². The van der Waals surface area contributed by atoms with Crippen molar-refractivity contribution in [3.63, 3.8) is 0 Å². The SMILES string of the molecule is CCC1=CC(CC)(c2ncnc(SC)n2)N=C1. The van der Waals surface area contributed by atoms with Crippen molar-refractivity contribution >= 4 is 18.0 Å². The second-order valence-electron chi connectivity index (χ2n) is 3.90. The van der Waals surface area contributed by atoms with Crippen LogP contribution in [0.3, 0.4) is 0 Å². The molecule has 0 spiro atoms. The van der Waals surface area contributed by atoms with Gasteiger partial charge in [-0.1, -0.05) is 25.6 Å². The standard InChI is InChI=1S/C12H16N4S/c1-4-9-6-12(5-2,15-7-9)10-13-8-14-11(16-10)17-3/h6-8H,4-5H2,1-3H3. The van der Waals surface area contributed by atoms with Crippen molar-refractivity contribution in [3.8, 4) is 0 Å². The van der Waals surface area contributed by atoms with Crippen LogP contribution >= 0.6 is 11.8 Å². The number of thioether (sulfide) groups is 1. The van der Waals surface area contributed by atoms with E-state index in [2.05, 4.69) is 39.9 Å². The Balaban J connectivity index is 2.43. The van der Waals surface area contributed by atoms with E-state index < -0.39 is 0 Å². The summed E-state index contributed by atoms with van der Waals surface area (Å²) in [5.74, 6) is 0.749. The minimum Gasteiger partial charge on any atom is -0.274 e. The lowest BCUT2D eigenvalue weighted by Crippen LogP contribution is -2.22. The largest absolute Gasteiger partial charge is 0.274 e. The molecule has 0 saturated carbocycles. The molecule has 2 rings (SSSR count). The van der Waals surface area contributed by atoms with Crippen LogP contribution in [-0.4, -0.2) is 27.4 Å². The minimum absolute atomic E-state index is 0.376. The number of aliphatic imine (C=N–C) groups is 1. The normalized spacial score (nSPS) is 22.9. The van der Waals surface area contributed by atoms with E-state index in [0.717, 1.165) is 23.8 Å². The molecule has 0 amide bonds. The fraction of sp³-hybridized carbons (Fsp3) is 0.500. The van der Waals surface area contributed by atoms with Gasteiger partial charge in [0.1, 0.15) is 11.9 Å². The number of aromatic nitrogens is 3. The Morgan fingerprint density at radius 2 is 2.12 bits per heavy atom. The van der Waals surface area contributed by atoms with Crippen molar-refractivity contribution in [1.29, 1.82) is 0 Å². The molecular formula is C12H16N4S. The maximum absolute atomic E-state index is 4.60. The third-order valence-corrected chi connectivity index (χ3v) is 3.51. The monoisotopic (exact) mass is 248 g/mol. The predicted molar refractivity (Wildman–Crippen MR) is 70.4 cm³/mol. The molecule has 1 unspecified atom stereocenters.